The summed E-state index contributed by atoms with van der Waals surface area (Å²) in [5.74, 6) is 0. The molecule has 1 atom stereocenters. The summed E-state index contributed by atoms with van der Waals surface area (Å²) in [7, 11) is 2.24. The molecule has 0 aliphatic carbocycles. The highest BCUT2D eigenvalue weighted by atomic mass is 15.2. The maximum Gasteiger partial charge on any atom is 0.0189 e. The number of hydrogen-bond acceptors (Lipinski definition) is 3. The summed E-state index contributed by atoms with van der Waals surface area (Å²) >= 11 is 0. The summed E-state index contributed by atoms with van der Waals surface area (Å²) in [6.07, 6.45) is 2.79. The summed E-state index contributed by atoms with van der Waals surface area (Å²) in [6, 6.07) is 1.22. The third-order valence-corrected chi connectivity index (χ3v) is 3.54. The van der Waals surface area contributed by atoms with E-state index in [4.69, 9.17) is 0 Å². The number of nitrogens with zero attached hydrogens (tertiary/aromatic N) is 2. The Bertz CT molecular complexity index is 176. The van der Waals surface area contributed by atoms with Crippen LogP contribution in [0.1, 0.15) is 33.6 Å². The molecule has 1 fully saturated rings. The predicted molar refractivity (Wildman–Crippen MR) is 70.9 cm³/mol. The van der Waals surface area contributed by atoms with Gasteiger partial charge in [-0.15, -0.1) is 0 Å². The second-order valence-corrected chi connectivity index (χ2v) is 5.44. The van der Waals surface area contributed by atoms with E-state index in [0.29, 0.717) is 12.1 Å². The molecule has 1 rings (SSSR count). The van der Waals surface area contributed by atoms with Gasteiger partial charge in [0.05, 0.1) is 0 Å². The SMILES string of the molecule is CC(C)NCC(C)N(C)CCN1CCCC1. The molecule has 1 heterocycles. The Morgan fingerprint density at radius 1 is 1.19 bits per heavy atom. The first kappa shape index (κ1) is 13.9. The highest BCUT2D eigenvalue weighted by Crippen LogP contribution is 2.07. The lowest BCUT2D eigenvalue weighted by atomic mass is 10.2. The molecule has 0 saturated carbocycles. The molecule has 3 heteroatoms. The molecule has 0 aromatic rings. The van der Waals surface area contributed by atoms with Crippen molar-refractivity contribution in [2.45, 2.75) is 45.7 Å². The number of likely N-dealkylation sites (tertiary alicyclic amines) is 1. The van der Waals surface area contributed by atoms with Crippen LogP contribution in [0.3, 0.4) is 0 Å². The standard InChI is InChI=1S/C13H29N3/c1-12(2)14-11-13(3)15(4)9-10-16-7-5-6-8-16/h12-14H,5-11H2,1-4H3. The molecular weight excluding hydrogens is 198 g/mol. The van der Waals surface area contributed by atoms with Crippen molar-refractivity contribution >= 4 is 0 Å². The maximum absolute atomic E-state index is 3.50. The van der Waals surface area contributed by atoms with Gasteiger partial charge in [-0.2, -0.15) is 0 Å². The van der Waals surface area contributed by atoms with Crippen LogP contribution in [0.15, 0.2) is 0 Å². The Kier molecular flexibility index (Phi) is 6.32. The summed E-state index contributed by atoms with van der Waals surface area (Å²) in [5.41, 5.74) is 0. The first-order valence-corrected chi connectivity index (χ1v) is 6.75. The van der Waals surface area contributed by atoms with Gasteiger partial charge < -0.3 is 15.1 Å². The highest BCUT2D eigenvalue weighted by molar-refractivity contribution is 4.71. The van der Waals surface area contributed by atoms with E-state index in [2.05, 4.69) is 42.9 Å². The average molecular weight is 227 g/mol. The Labute approximate surface area is 101 Å². The van der Waals surface area contributed by atoms with E-state index in [9.17, 15) is 0 Å². The van der Waals surface area contributed by atoms with E-state index in [1.54, 1.807) is 0 Å². The van der Waals surface area contributed by atoms with E-state index < -0.39 is 0 Å². The van der Waals surface area contributed by atoms with Gasteiger partial charge in [0.2, 0.25) is 0 Å². The van der Waals surface area contributed by atoms with Crippen LogP contribution in [-0.4, -0.2) is 61.7 Å². The minimum Gasteiger partial charge on any atom is -0.313 e. The first-order valence-electron chi connectivity index (χ1n) is 6.75. The van der Waals surface area contributed by atoms with Crippen molar-refractivity contribution in [3.05, 3.63) is 0 Å². The Morgan fingerprint density at radius 2 is 1.81 bits per heavy atom. The van der Waals surface area contributed by atoms with Crippen molar-refractivity contribution in [2.24, 2.45) is 0 Å². The molecule has 3 nitrogen and oxygen atoms in total. The van der Waals surface area contributed by atoms with Crippen molar-refractivity contribution in [3.8, 4) is 0 Å². The maximum atomic E-state index is 3.50. The third-order valence-electron chi connectivity index (χ3n) is 3.54. The van der Waals surface area contributed by atoms with Gasteiger partial charge in [0.1, 0.15) is 0 Å². The number of likely N-dealkylation sites (N-methyl/N-ethyl adjacent to an activating group) is 1. The van der Waals surface area contributed by atoms with Crippen LogP contribution in [0.4, 0.5) is 0 Å². The molecule has 0 aromatic carbocycles. The smallest absolute Gasteiger partial charge is 0.0189 e. The van der Waals surface area contributed by atoms with Crippen LogP contribution in [-0.2, 0) is 0 Å². The topological polar surface area (TPSA) is 18.5 Å². The molecule has 0 bridgehead atoms. The van der Waals surface area contributed by atoms with Gasteiger partial charge in [-0.05, 0) is 39.9 Å². The lowest BCUT2D eigenvalue weighted by Crippen LogP contribution is -2.43. The average Bonchev–Trinajstić information content (AvgIpc) is 2.75. The van der Waals surface area contributed by atoms with Crippen LogP contribution < -0.4 is 5.32 Å². The normalized spacial score (nSPS) is 19.9. The van der Waals surface area contributed by atoms with E-state index in [1.165, 1.54) is 39.0 Å². The van der Waals surface area contributed by atoms with Crippen LogP contribution in [0.5, 0.6) is 0 Å². The zero-order valence-corrected chi connectivity index (χ0v) is 11.5. The van der Waals surface area contributed by atoms with Crippen LogP contribution in [0, 0.1) is 0 Å². The largest absolute Gasteiger partial charge is 0.313 e. The predicted octanol–water partition coefficient (Wildman–Crippen LogP) is 1.40. The molecule has 16 heavy (non-hydrogen) atoms. The molecule has 1 unspecified atom stereocenters. The number of hydrogen-bond donors (Lipinski definition) is 1. The van der Waals surface area contributed by atoms with Crippen LogP contribution in [0.25, 0.3) is 0 Å². The van der Waals surface area contributed by atoms with Gasteiger partial charge in [-0.25, -0.2) is 0 Å². The van der Waals surface area contributed by atoms with Crippen LogP contribution >= 0.6 is 0 Å². The monoisotopic (exact) mass is 227 g/mol. The number of rotatable bonds is 7. The summed E-state index contributed by atoms with van der Waals surface area (Å²) < 4.78 is 0. The molecular formula is C13H29N3. The van der Waals surface area contributed by atoms with E-state index in [-0.39, 0.29) is 0 Å². The molecule has 0 spiro atoms. The van der Waals surface area contributed by atoms with Crippen molar-refractivity contribution in [3.63, 3.8) is 0 Å². The summed E-state index contributed by atoms with van der Waals surface area (Å²) in [4.78, 5) is 5.05. The first-order chi connectivity index (χ1) is 7.59. The van der Waals surface area contributed by atoms with Gasteiger partial charge in [0.25, 0.3) is 0 Å². The van der Waals surface area contributed by atoms with Crippen molar-refractivity contribution in [1.82, 2.24) is 15.1 Å². The lowest BCUT2D eigenvalue weighted by molar-refractivity contribution is 0.209. The highest BCUT2D eigenvalue weighted by Gasteiger charge is 2.14. The van der Waals surface area contributed by atoms with Crippen molar-refractivity contribution in [2.75, 3.05) is 39.8 Å². The minimum absolute atomic E-state index is 0.592. The van der Waals surface area contributed by atoms with Crippen molar-refractivity contribution in [1.29, 1.82) is 0 Å². The van der Waals surface area contributed by atoms with E-state index in [1.807, 2.05) is 0 Å². The number of nitrogens with one attached hydrogen (secondary N) is 1. The molecule has 0 aromatic heterocycles. The Morgan fingerprint density at radius 3 is 2.38 bits per heavy atom. The minimum atomic E-state index is 0.592. The molecule has 0 amide bonds. The fraction of sp³-hybridized carbons (Fsp3) is 1.00. The fourth-order valence-corrected chi connectivity index (χ4v) is 2.09. The molecule has 1 aliphatic rings. The van der Waals surface area contributed by atoms with Gasteiger partial charge in [0.15, 0.2) is 0 Å². The summed E-state index contributed by atoms with van der Waals surface area (Å²) in [6.45, 7) is 12.9. The molecule has 96 valence electrons. The van der Waals surface area contributed by atoms with Gasteiger partial charge in [0, 0.05) is 31.7 Å². The second-order valence-electron chi connectivity index (χ2n) is 5.44. The van der Waals surface area contributed by atoms with Gasteiger partial charge >= 0.3 is 0 Å². The quantitative estimate of drug-likeness (QED) is 0.709. The molecule has 1 aliphatic heterocycles. The van der Waals surface area contributed by atoms with Crippen molar-refractivity contribution < 1.29 is 0 Å². The van der Waals surface area contributed by atoms with E-state index in [0.717, 1.165) is 6.54 Å². The third kappa shape index (κ3) is 5.28. The zero-order valence-electron chi connectivity index (χ0n) is 11.5. The Hall–Kier alpha value is -0.120. The lowest BCUT2D eigenvalue weighted by Gasteiger charge is -2.27. The fourth-order valence-electron chi connectivity index (χ4n) is 2.09. The second kappa shape index (κ2) is 7.25. The van der Waals surface area contributed by atoms with Gasteiger partial charge in [-0.3, -0.25) is 0 Å². The molecule has 1 N–H and O–H groups in total. The molecule has 0 radical (unpaired) electrons. The van der Waals surface area contributed by atoms with E-state index >= 15 is 0 Å². The van der Waals surface area contributed by atoms with Crippen LogP contribution in [0.2, 0.25) is 0 Å². The Balaban J connectivity index is 2.10. The van der Waals surface area contributed by atoms with Gasteiger partial charge in [-0.1, -0.05) is 13.8 Å². The summed E-state index contributed by atoms with van der Waals surface area (Å²) in [5, 5.41) is 3.50. The molecule has 1 saturated heterocycles. The zero-order chi connectivity index (χ0) is 12.0.